The predicted molar refractivity (Wildman–Crippen MR) is 57.9 cm³/mol. The molecule has 0 atom stereocenters. The number of halogens is 1. The first-order valence-corrected chi connectivity index (χ1v) is 5.55. The Labute approximate surface area is 82.6 Å². The number of allylic oxidation sites excluding steroid dienone is 3. The topological polar surface area (TPSA) is 12.4 Å². The molecule has 0 unspecified atom stereocenters. The number of rotatable bonds is 2. The molecule has 12 heavy (non-hydrogen) atoms. The van der Waals surface area contributed by atoms with Gasteiger partial charge in [-0.1, -0.05) is 24.6 Å². The van der Waals surface area contributed by atoms with E-state index in [4.69, 9.17) is 11.6 Å². The number of hydrogen-bond donors (Lipinski definition) is 0. The molecule has 0 aliphatic carbocycles. The maximum Gasteiger partial charge on any atom is 0.130 e. The zero-order valence-electron chi connectivity index (χ0n) is 7.30. The van der Waals surface area contributed by atoms with E-state index in [0.717, 1.165) is 17.9 Å². The van der Waals surface area contributed by atoms with Gasteiger partial charge < -0.3 is 0 Å². The average molecular weight is 202 g/mol. The molecule has 1 nitrogen and oxygen atoms in total. The summed E-state index contributed by atoms with van der Waals surface area (Å²) in [6, 6.07) is 0. The first-order valence-electron chi connectivity index (χ1n) is 3.94. The van der Waals surface area contributed by atoms with Gasteiger partial charge in [-0.05, 0) is 30.7 Å². The Kier molecular flexibility index (Phi) is 3.89. The molecule has 1 aliphatic rings. The van der Waals surface area contributed by atoms with Crippen molar-refractivity contribution in [1.29, 1.82) is 0 Å². The quantitative estimate of drug-likeness (QED) is 0.666. The van der Waals surface area contributed by atoms with Crippen LogP contribution in [0.4, 0.5) is 0 Å². The van der Waals surface area contributed by atoms with Gasteiger partial charge >= 0.3 is 0 Å². The second kappa shape index (κ2) is 4.73. The van der Waals surface area contributed by atoms with Crippen molar-refractivity contribution in [3.05, 3.63) is 22.8 Å². The molecule has 0 aromatic rings. The second-order valence-corrected chi connectivity index (χ2v) is 3.69. The van der Waals surface area contributed by atoms with Gasteiger partial charge in [0, 0.05) is 0 Å². The Morgan fingerprint density at radius 3 is 3.00 bits per heavy atom. The van der Waals surface area contributed by atoms with E-state index in [-0.39, 0.29) is 0 Å². The summed E-state index contributed by atoms with van der Waals surface area (Å²) in [5, 5.41) is 1.66. The standard InChI is InChI=1S/C9H12ClNS/c1-3-7-5-4-6-8(10)11-9(7)12-2/h4,6H,3,5H2,1-2H3. The van der Waals surface area contributed by atoms with Crippen molar-refractivity contribution >= 4 is 28.5 Å². The fraction of sp³-hybridized carbons (Fsp3) is 0.444. The van der Waals surface area contributed by atoms with E-state index in [0.29, 0.717) is 5.17 Å². The fourth-order valence-corrected chi connectivity index (χ4v) is 2.01. The maximum atomic E-state index is 5.83. The Morgan fingerprint density at radius 2 is 2.42 bits per heavy atom. The molecule has 0 saturated carbocycles. The molecule has 0 aromatic heterocycles. The molecule has 0 bridgehead atoms. The summed E-state index contributed by atoms with van der Waals surface area (Å²) in [4.78, 5) is 4.28. The third-order valence-corrected chi connectivity index (χ3v) is 2.73. The third-order valence-electron chi connectivity index (χ3n) is 1.75. The monoisotopic (exact) mass is 201 g/mol. The van der Waals surface area contributed by atoms with E-state index in [2.05, 4.69) is 18.0 Å². The van der Waals surface area contributed by atoms with Crippen LogP contribution in [-0.4, -0.2) is 11.4 Å². The summed E-state index contributed by atoms with van der Waals surface area (Å²) >= 11 is 7.50. The van der Waals surface area contributed by atoms with Crippen LogP contribution in [0.2, 0.25) is 0 Å². The first-order chi connectivity index (χ1) is 5.77. The molecule has 0 aromatic carbocycles. The molecular weight excluding hydrogens is 190 g/mol. The van der Waals surface area contributed by atoms with Crippen molar-refractivity contribution in [3.63, 3.8) is 0 Å². The Hall–Kier alpha value is -0.210. The van der Waals surface area contributed by atoms with Crippen LogP contribution in [-0.2, 0) is 0 Å². The average Bonchev–Trinajstić information content (AvgIpc) is 2.26. The molecule has 1 rings (SSSR count). The highest BCUT2D eigenvalue weighted by atomic mass is 35.5. The minimum absolute atomic E-state index is 0.586. The van der Waals surface area contributed by atoms with E-state index in [1.807, 2.05) is 12.3 Å². The van der Waals surface area contributed by atoms with Crippen LogP contribution in [0, 0.1) is 0 Å². The molecule has 1 aliphatic heterocycles. The normalized spacial score (nSPS) is 17.8. The lowest BCUT2D eigenvalue weighted by molar-refractivity contribution is 1.02. The van der Waals surface area contributed by atoms with Gasteiger partial charge in [0.2, 0.25) is 0 Å². The van der Waals surface area contributed by atoms with Crippen LogP contribution in [0.25, 0.3) is 0 Å². The van der Waals surface area contributed by atoms with Crippen molar-refractivity contribution in [2.45, 2.75) is 19.8 Å². The fourth-order valence-electron chi connectivity index (χ4n) is 1.08. The lowest BCUT2D eigenvalue weighted by Gasteiger charge is -2.03. The lowest BCUT2D eigenvalue weighted by atomic mass is 10.1. The molecule has 0 amide bonds. The van der Waals surface area contributed by atoms with E-state index in [9.17, 15) is 0 Å². The summed E-state index contributed by atoms with van der Waals surface area (Å²) < 4.78 is 0. The summed E-state index contributed by atoms with van der Waals surface area (Å²) in [5.74, 6) is 0. The predicted octanol–water partition coefficient (Wildman–Crippen LogP) is 3.57. The highest BCUT2D eigenvalue weighted by molar-refractivity contribution is 8.02. The van der Waals surface area contributed by atoms with Crippen molar-refractivity contribution in [2.75, 3.05) is 6.26 Å². The van der Waals surface area contributed by atoms with Crippen LogP contribution in [0.15, 0.2) is 27.7 Å². The van der Waals surface area contributed by atoms with E-state index in [1.54, 1.807) is 11.8 Å². The van der Waals surface area contributed by atoms with Crippen LogP contribution >= 0.6 is 23.4 Å². The number of nitrogens with zero attached hydrogens (tertiary/aromatic N) is 1. The zero-order valence-corrected chi connectivity index (χ0v) is 8.87. The Bertz CT molecular complexity index is 253. The van der Waals surface area contributed by atoms with E-state index >= 15 is 0 Å². The highest BCUT2D eigenvalue weighted by Gasteiger charge is 2.05. The molecule has 66 valence electrons. The molecule has 1 heterocycles. The molecule has 0 fully saturated rings. The summed E-state index contributed by atoms with van der Waals surface area (Å²) in [6.45, 7) is 2.15. The minimum Gasteiger partial charge on any atom is -0.230 e. The Morgan fingerprint density at radius 1 is 1.67 bits per heavy atom. The van der Waals surface area contributed by atoms with Crippen molar-refractivity contribution in [1.82, 2.24) is 0 Å². The van der Waals surface area contributed by atoms with E-state index in [1.165, 1.54) is 5.57 Å². The van der Waals surface area contributed by atoms with Crippen molar-refractivity contribution in [2.24, 2.45) is 4.99 Å². The second-order valence-electron chi connectivity index (χ2n) is 2.51. The summed E-state index contributed by atoms with van der Waals surface area (Å²) in [7, 11) is 0. The largest absolute Gasteiger partial charge is 0.230 e. The minimum atomic E-state index is 0.586. The molecule has 0 N–H and O–H groups in total. The van der Waals surface area contributed by atoms with Gasteiger partial charge in [0.05, 0.1) is 5.03 Å². The van der Waals surface area contributed by atoms with Crippen LogP contribution in [0.5, 0.6) is 0 Å². The molecule has 0 radical (unpaired) electrons. The van der Waals surface area contributed by atoms with Crippen molar-refractivity contribution in [3.8, 4) is 0 Å². The molecule has 0 spiro atoms. The lowest BCUT2D eigenvalue weighted by Crippen LogP contribution is -1.83. The molecule has 0 saturated heterocycles. The number of thioether (sulfide) groups is 1. The van der Waals surface area contributed by atoms with Gasteiger partial charge in [0.25, 0.3) is 0 Å². The molecule has 3 heteroatoms. The first kappa shape index (κ1) is 9.87. The Balaban J connectivity index is 2.96. The van der Waals surface area contributed by atoms with Gasteiger partial charge in [-0.3, -0.25) is 0 Å². The van der Waals surface area contributed by atoms with Gasteiger partial charge in [-0.15, -0.1) is 11.8 Å². The zero-order chi connectivity index (χ0) is 8.97. The van der Waals surface area contributed by atoms with Crippen LogP contribution in [0.3, 0.4) is 0 Å². The van der Waals surface area contributed by atoms with Gasteiger partial charge in [-0.25, -0.2) is 4.99 Å². The van der Waals surface area contributed by atoms with Crippen molar-refractivity contribution < 1.29 is 0 Å². The van der Waals surface area contributed by atoms with Crippen LogP contribution in [0.1, 0.15) is 19.8 Å². The van der Waals surface area contributed by atoms with Crippen LogP contribution < -0.4 is 0 Å². The third kappa shape index (κ3) is 2.39. The number of aliphatic imine (C=N–C) groups is 1. The maximum absolute atomic E-state index is 5.83. The highest BCUT2D eigenvalue weighted by Crippen LogP contribution is 2.26. The summed E-state index contributed by atoms with van der Waals surface area (Å²) in [6.07, 6.45) is 7.98. The van der Waals surface area contributed by atoms with Gasteiger partial charge in [0.1, 0.15) is 5.17 Å². The smallest absolute Gasteiger partial charge is 0.130 e. The SMILES string of the molecule is CCC1=C(SC)N=C(Cl)C=CC1. The summed E-state index contributed by atoms with van der Waals surface area (Å²) in [5.41, 5.74) is 1.37. The van der Waals surface area contributed by atoms with Gasteiger partial charge in [0.15, 0.2) is 0 Å². The van der Waals surface area contributed by atoms with Gasteiger partial charge in [-0.2, -0.15) is 0 Å². The molecular formula is C9H12ClNS. The number of hydrogen-bond acceptors (Lipinski definition) is 2. The van der Waals surface area contributed by atoms with E-state index < -0.39 is 0 Å².